The Kier molecular flexibility index (Phi) is 3.36. The van der Waals surface area contributed by atoms with Gasteiger partial charge in [-0.25, -0.2) is 35.1 Å². The molecule has 0 radical (unpaired) electrons. The highest BCUT2D eigenvalue weighted by Crippen LogP contribution is 2.48. The Morgan fingerprint density at radius 3 is 1.26 bits per heavy atom. The predicted octanol–water partition coefficient (Wildman–Crippen LogP) is 4.07. The largest absolute Gasteiger partial charge is 0.359 e. The molecule has 2 aromatic carbocycles. The predicted molar refractivity (Wildman–Crippen MR) is 59.3 cm³/mol. The van der Waals surface area contributed by atoms with E-state index in [1.807, 2.05) is 0 Å². The molecular weight excluding hydrogens is 336 g/mol. The van der Waals surface area contributed by atoms with E-state index < -0.39 is 69.9 Å². The molecule has 0 amide bonds. The van der Waals surface area contributed by atoms with E-state index >= 15 is 0 Å². The van der Waals surface area contributed by atoms with Crippen LogP contribution < -0.4 is 0 Å². The molecule has 1 saturated heterocycles. The zero-order chi connectivity index (χ0) is 17.1. The van der Waals surface area contributed by atoms with E-state index in [2.05, 4.69) is 0 Å². The van der Waals surface area contributed by atoms with E-state index in [-0.39, 0.29) is 12.1 Å². The van der Waals surface area contributed by atoms with Gasteiger partial charge in [0.2, 0.25) is 0 Å². The first kappa shape index (κ1) is 15.7. The molecule has 122 valence electrons. The summed E-state index contributed by atoms with van der Waals surface area (Å²) in [6, 6.07) is 0.360. The minimum absolute atomic E-state index is 0.180. The molecule has 0 bridgehead atoms. The smallest absolute Gasteiger partial charge is 0.197 e. The van der Waals surface area contributed by atoms with E-state index in [0.717, 1.165) is 0 Å². The monoisotopic (exact) mass is 340 g/mol. The first-order valence-corrected chi connectivity index (χ1v) is 6.01. The van der Waals surface area contributed by atoms with Crippen molar-refractivity contribution in [1.82, 2.24) is 0 Å². The number of hydrogen-bond donors (Lipinski definition) is 0. The van der Waals surface area contributed by atoms with Crippen LogP contribution in [0.4, 0.5) is 35.1 Å². The van der Waals surface area contributed by atoms with Gasteiger partial charge in [0.25, 0.3) is 0 Å². The third kappa shape index (κ3) is 2.10. The molecule has 0 N–H and O–H groups in total. The molecule has 1 nitrogen and oxygen atoms in total. The molecule has 9 heteroatoms. The van der Waals surface area contributed by atoms with Crippen molar-refractivity contribution in [3.63, 3.8) is 0 Å². The average Bonchev–Trinajstić information content (AvgIpc) is 3.31. The lowest BCUT2D eigenvalue weighted by Gasteiger charge is -2.16. The molecular formula is C14H4F8O. The second kappa shape index (κ2) is 4.92. The number of epoxide rings is 1. The van der Waals surface area contributed by atoms with Gasteiger partial charge in [-0.05, 0) is 12.1 Å². The lowest BCUT2D eigenvalue weighted by atomic mass is 9.90. The molecule has 0 unspecified atom stereocenters. The summed E-state index contributed by atoms with van der Waals surface area (Å²) in [4.78, 5) is 0. The van der Waals surface area contributed by atoms with Gasteiger partial charge >= 0.3 is 0 Å². The fourth-order valence-corrected chi connectivity index (χ4v) is 2.26. The second-order valence-corrected chi connectivity index (χ2v) is 4.81. The van der Waals surface area contributed by atoms with Crippen LogP contribution in [0.25, 0.3) is 0 Å². The summed E-state index contributed by atoms with van der Waals surface area (Å²) < 4.78 is 111. The van der Waals surface area contributed by atoms with Crippen molar-refractivity contribution in [3.8, 4) is 0 Å². The zero-order valence-corrected chi connectivity index (χ0v) is 10.8. The highest BCUT2D eigenvalue weighted by atomic mass is 19.2. The Balaban J connectivity index is 2.27. The molecule has 1 heterocycles. The fourth-order valence-electron chi connectivity index (χ4n) is 2.26. The summed E-state index contributed by atoms with van der Waals surface area (Å²) in [6.07, 6.45) is 0. The van der Waals surface area contributed by atoms with E-state index in [9.17, 15) is 35.1 Å². The van der Waals surface area contributed by atoms with E-state index in [1.54, 1.807) is 0 Å². The molecule has 1 aliphatic heterocycles. The summed E-state index contributed by atoms with van der Waals surface area (Å²) in [5.41, 5.74) is -4.28. The quantitative estimate of drug-likeness (QED) is 0.347. The van der Waals surface area contributed by atoms with Crippen molar-refractivity contribution < 1.29 is 39.9 Å². The van der Waals surface area contributed by atoms with Gasteiger partial charge in [0.05, 0.1) is 6.61 Å². The Hall–Kier alpha value is -2.16. The Bertz CT molecular complexity index is 763. The van der Waals surface area contributed by atoms with Crippen LogP contribution in [0.5, 0.6) is 0 Å². The number of benzene rings is 2. The molecule has 0 saturated carbocycles. The Morgan fingerprint density at radius 2 is 0.957 bits per heavy atom. The summed E-state index contributed by atoms with van der Waals surface area (Å²) >= 11 is 0. The van der Waals surface area contributed by atoms with Crippen molar-refractivity contribution in [2.75, 3.05) is 6.61 Å². The van der Waals surface area contributed by atoms with Gasteiger partial charge in [0.1, 0.15) is 5.60 Å². The van der Waals surface area contributed by atoms with Crippen LogP contribution in [-0.2, 0) is 10.3 Å². The third-order valence-corrected chi connectivity index (χ3v) is 3.51. The van der Waals surface area contributed by atoms with Gasteiger partial charge < -0.3 is 4.74 Å². The third-order valence-electron chi connectivity index (χ3n) is 3.51. The van der Waals surface area contributed by atoms with E-state index in [1.165, 1.54) is 0 Å². The summed E-state index contributed by atoms with van der Waals surface area (Å²) in [6.45, 7) is -0.601. The van der Waals surface area contributed by atoms with Gasteiger partial charge in [-0.1, -0.05) is 0 Å². The van der Waals surface area contributed by atoms with Crippen LogP contribution in [0.15, 0.2) is 12.1 Å². The lowest BCUT2D eigenvalue weighted by molar-refractivity contribution is 0.313. The van der Waals surface area contributed by atoms with Crippen LogP contribution in [0.1, 0.15) is 11.1 Å². The summed E-state index contributed by atoms with van der Waals surface area (Å²) in [5, 5.41) is 0. The minimum atomic E-state index is -2.28. The first-order chi connectivity index (χ1) is 10.7. The molecule has 1 aliphatic rings. The molecule has 3 rings (SSSR count). The maximum Gasteiger partial charge on any atom is 0.197 e. The molecule has 1 fully saturated rings. The summed E-state index contributed by atoms with van der Waals surface area (Å²) in [5.74, 6) is -16.1. The average molecular weight is 340 g/mol. The number of halogens is 8. The second-order valence-electron chi connectivity index (χ2n) is 4.81. The first-order valence-electron chi connectivity index (χ1n) is 6.01. The van der Waals surface area contributed by atoms with Gasteiger partial charge in [0, 0.05) is 11.1 Å². The minimum Gasteiger partial charge on any atom is -0.359 e. The zero-order valence-electron chi connectivity index (χ0n) is 10.8. The van der Waals surface area contributed by atoms with Crippen molar-refractivity contribution in [3.05, 3.63) is 69.8 Å². The van der Waals surface area contributed by atoms with Gasteiger partial charge in [-0.2, -0.15) is 0 Å². The van der Waals surface area contributed by atoms with Crippen LogP contribution >= 0.6 is 0 Å². The number of hydrogen-bond acceptors (Lipinski definition) is 1. The van der Waals surface area contributed by atoms with Crippen molar-refractivity contribution in [1.29, 1.82) is 0 Å². The van der Waals surface area contributed by atoms with E-state index in [4.69, 9.17) is 4.74 Å². The number of rotatable bonds is 2. The van der Waals surface area contributed by atoms with Crippen molar-refractivity contribution in [2.45, 2.75) is 5.60 Å². The SMILES string of the molecule is Fc1cc(C2(c3cc(F)c(F)c(F)c3F)CO2)c(F)c(F)c1F. The van der Waals surface area contributed by atoms with Gasteiger partial charge in [0.15, 0.2) is 46.5 Å². The standard InChI is InChI=1S/C14H4F8O/c15-6-1-4(8(17)12(21)10(6)19)14(3-23-14)5-2-7(16)11(20)13(22)9(5)18/h1-2H,3H2. The highest BCUT2D eigenvalue weighted by molar-refractivity contribution is 5.43. The topological polar surface area (TPSA) is 12.5 Å². The molecule has 23 heavy (non-hydrogen) atoms. The van der Waals surface area contributed by atoms with Crippen LogP contribution in [0.2, 0.25) is 0 Å². The molecule has 0 aromatic heterocycles. The molecule has 0 aliphatic carbocycles. The van der Waals surface area contributed by atoms with Crippen LogP contribution in [0.3, 0.4) is 0 Å². The van der Waals surface area contributed by atoms with Gasteiger partial charge in [-0.15, -0.1) is 0 Å². The Labute approximate surface area is 123 Å². The highest BCUT2D eigenvalue weighted by Gasteiger charge is 2.54. The lowest BCUT2D eigenvalue weighted by Crippen LogP contribution is -2.19. The number of ether oxygens (including phenoxy) is 1. The van der Waals surface area contributed by atoms with Crippen molar-refractivity contribution in [2.24, 2.45) is 0 Å². The molecule has 0 atom stereocenters. The fraction of sp³-hybridized carbons (Fsp3) is 0.143. The summed E-state index contributed by atoms with van der Waals surface area (Å²) in [7, 11) is 0. The Morgan fingerprint density at radius 1 is 0.609 bits per heavy atom. The maximum absolute atomic E-state index is 13.8. The maximum atomic E-state index is 13.8. The normalized spacial score (nSPS) is 15.8. The molecule has 2 aromatic rings. The van der Waals surface area contributed by atoms with Crippen LogP contribution in [-0.4, -0.2) is 6.61 Å². The van der Waals surface area contributed by atoms with E-state index in [0.29, 0.717) is 0 Å². The van der Waals surface area contributed by atoms with Gasteiger partial charge in [-0.3, -0.25) is 0 Å². The van der Waals surface area contributed by atoms with Crippen LogP contribution in [0, 0.1) is 46.5 Å². The van der Waals surface area contributed by atoms with Crippen molar-refractivity contribution >= 4 is 0 Å². The molecule has 0 spiro atoms.